The van der Waals surface area contributed by atoms with E-state index >= 15 is 0 Å². The van der Waals surface area contributed by atoms with Crippen LogP contribution < -0.4 is 4.90 Å². The fourth-order valence-corrected chi connectivity index (χ4v) is 3.42. The number of aliphatic hydroxyl groups is 1. The van der Waals surface area contributed by atoms with Gasteiger partial charge >= 0.3 is 0 Å². The third-order valence-corrected chi connectivity index (χ3v) is 4.81. The van der Waals surface area contributed by atoms with E-state index in [0.29, 0.717) is 0 Å². The molecule has 1 atom stereocenters. The van der Waals surface area contributed by atoms with Gasteiger partial charge in [0.1, 0.15) is 0 Å². The van der Waals surface area contributed by atoms with Gasteiger partial charge in [-0.15, -0.1) is 0 Å². The Hall–Kier alpha value is -1.06. The second-order valence-electron chi connectivity index (χ2n) is 6.31. The van der Waals surface area contributed by atoms with Crippen LogP contribution in [-0.2, 0) is 6.42 Å². The Kier molecular flexibility index (Phi) is 6.71. The van der Waals surface area contributed by atoms with Gasteiger partial charge in [-0.25, -0.2) is 0 Å². The first-order valence-corrected chi connectivity index (χ1v) is 8.97. The Balaban J connectivity index is 2.03. The summed E-state index contributed by atoms with van der Waals surface area (Å²) in [5.74, 6) is 0. The van der Waals surface area contributed by atoms with Crippen molar-refractivity contribution < 1.29 is 5.11 Å². The van der Waals surface area contributed by atoms with E-state index in [4.69, 9.17) is 0 Å². The molecule has 0 saturated heterocycles. The second-order valence-corrected chi connectivity index (χ2v) is 6.31. The highest BCUT2D eigenvalue weighted by molar-refractivity contribution is 5.57. The minimum absolute atomic E-state index is 0.340. The van der Waals surface area contributed by atoms with Crippen LogP contribution in [0.2, 0.25) is 0 Å². The van der Waals surface area contributed by atoms with Crippen LogP contribution in [0.15, 0.2) is 18.2 Å². The van der Waals surface area contributed by atoms with Gasteiger partial charge in [-0.05, 0) is 56.0 Å². The van der Waals surface area contributed by atoms with Crippen LogP contribution >= 0.6 is 0 Å². The second kappa shape index (κ2) is 8.54. The predicted molar refractivity (Wildman–Crippen MR) is 94.6 cm³/mol. The monoisotopic (exact) mass is 304 g/mol. The van der Waals surface area contributed by atoms with E-state index in [0.717, 1.165) is 44.6 Å². The molecular formula is C19H32N2O. The maximum absolute atomic E-state index is 10.5. The molecule has 1 heterocycles. The summed E-state index contributed by atoms with van der Waals surface area (Å²) in [6.07, 6.45) is 4.04. The van der Waals surface area contributed by atoms with E-state index in [-0.39, 0.29) is 6.10 Å². The summed E-state index contributed by atoms with van der Waals surface area (Å²) in [5.41, 5.74) is 3.89. The minimum Gasteiger partial charge on any atom is -0.388 e. The highest BCUT2D eigenvalue weighted by atomic mass is 16.3. The van der Waals surface area contributed by atoms with Crippen molar-refractivity contribution in [2.75, 3.05) is 37.6 Å². The predicted octanol–water partition coefficient (Wildman–Crippen LogP) is 3.61. The lowest BCUT2D eigenvalue weighted by Crippen LogP contribution is -2.30. The first-order valence-electron chi connectivity index (χ1n) is 8.97. The lowest BCUT2D eigenvalue weighted by molar-refractivity contribution is 0.145. The topological polar surface area (TPSA) is 26.7 Å². The number of hydrogen-bond donors (Lipinski definition) is 1. The van der Waals surface area contributed by atoms with E-state index in [1.807, 2.05) is 0 Å². The number of hydrogen-bond acceptors (Lipinski definition) is 3. The molecular weight excluding hydrogens is 272 g/mol. The van der Waals surface area contributed by atoms with Crippen LogP contribution in [0.5, 0.6) is 0 Å². The maximum atomic E-state index is 10.5. The van der Waals surface area contributed by atoms with Crippen molar-refractivity contribution in [2.24, 2.45) is 0 Å². The van der Waals surface area contributed by atoms with Crippen LogP contribution in [0.3, 0.4) is 0 Å². The Labute approximate surface area is 135 Å². The molecule has 0 aliphatic carbocycles. The molecule has 22 heavy (non-hydrogen) atoms. The molecule has 0 fully saturated rings. The van der Waals surface area contributed by atoms with Gasteiger partial charge in [0.2, 0.25) is 0 Å². The lowest BCUT2D eigenvalue weighted by Gasteiger charge is -2.31. The quantitative estimate of drug-likeness (QED) is 0.794. The fraction of sp³-hybridized carbons (Fsp3) is 0.684. The Morgan fingerprint density at radius 2 is 2.00 bits per heavy atom. The Morgan fingerprint density at radius 1 is 1.23 bits per heavy atom. The van der Waals surface area contributed by atoms with E-state index in [1.165, 1.54) is 30.6 Å². The average Bonchev–Trinajstić information content (AvgIpc) is 2.55. The smallest absolute Gasteiger partial charge is 0.0802 e. The minimum atomic E-state index is -0.340. The number of fused-ring (bicyclic) bond motifs is 1. The molecule has 3 heteroatoms. The number of aryl methyl sites for hydroxylation is 1. The molecule has 0 radical (unpaired) electrons. The highest BCUT2D eigenvalue weighted by Gasteiger charge is 2.18. The van der Waals surface area contributed by atoms with Crippen LogP contribution in [0.4, 0.5) is 5.69 Å². The normalized spacial score (nSPS) is 16.0. The van der Waals surface area contributed by atoms with Crippen molar-refractivity contribution in [1.29, 1.82) is 0 Å². The van der Waals surface area contributed by atoms with Gasteiger partial charge in [0.05, 0.1) is 6.10 Å². The maximum Gasteiger partial charge on any atom is 0.0802 e. The van der Waals surface area contributed by atoms with Gasteiger partial charge in [0.25, 0.3) is 0 Å². The summed E-state index contributed by atoms with van der Waals surface area (Å²) in [5, 5.41) is 10.5. The number of aliphatic hydroxyl groups excluding tert-OH is 1. The van der Waals surface area contributed by atoms with Crippen molar-refractivity contribution in [2.45, 2.75) is 52.6 Å². The third-order valence-electron chi connectivity index (χ3n) is 4.81. The summed E-state index contributed by atoms with van der Waals surface area (Å²) < 4.78 is 0. The van der Waals surface area contributed by atoms with Gasteiger partial charge < -0.3 is 14.9 Å². The molecule has 0 bridgehead atoms. The standard InChI is InChI=1S/C19H32N2O/c1-4-12-21-13-7-8-16-15-17(9-10-18(16)21)19(22)11-14-20(5-2)6-3/h9-10,15,19,22H,4-8,11-14H2,1-3H3. The zero-order valence-corrected chi connectivity index (χ0v) is 14.5. The Morgan fingerprint density at radius 3 is 2.68 bits per heavy atom. The summed E-state index contributed by atoms with van der Waals surface area (Å²) in [4.78, 5) is 4.86. The fourth-order valence-electron chi connectivity index (χ4n) is 3.42. The molecule has 0 spiro atoms. The largest absolute Gasteiger partial charge is 0.388 e. The Bertz CT molecular complexity index is 457. The summed E-state index contributed by atoms with van der Waals surface area (Å²) in [7, 11) is 0. The van der Waals surface area contributed by atoms with E-state index < -0.39 is 0 Å². The molecule has 2 rings (SSSR count). The van der Waals surface area contributed by atoms with Crippen molar-refractivity contribution >= 4 is 5.69 Å². The third kappa shape index (κ3) is 4.23. The van der Waals surface area contributed by atoms with Gasteiger partial charge in [0, 0.05) is 25.3 Å². The van der Waals surface area contributed by atoms with Crippen molar-refractivity contribution in [1.82, 2.24) is 4.90 Å². The van der Waals surface area contributed by atoms with Crippen LogP contribution in [-0.4, -0.2) is 42.7 Å². The molecule has 1 aromatic carbocycles. The van der Waals surface area contributed by atoms with Gasteiger partial charge in [-0.2, -0.15) is 0 Å². The van der Waals surface area contributed by atoms with Crippen LogP contribution in [0.25, 0.3) is 0 Å². The number of rotatable bonds is 8. The van der Waals surface area contributed by atoms with Crippen molar-refractivity contribution in [3.05, 3.63) is 29.3 Å². The van der Waals surface area contributed by atoms with E-state index in [9.17, 15) is 5.11 Å². The molecule has 1 aliphatic rings. The molecule has 1 unspecified atom stereocenters. The zero-order valence-electron chi connectivity index (χ0n) is 14.5. The zero-order chi connectivity index (χ0) is 15.9. The van der Waals surface area contributed by atoms with E-state index in [1.54, 1.807) is 0 Å². The number of anilines is 1. The number of nitrogens with zero attached hydrogens (tertiary/aromatic N) is 2. The first-order chi connectivity index (χ1) is 10.7. The van der Waals surface area contributed by atoms with Gasteiger partial charge in [-0.1, -0.05) is 32.9 Å². The molecule has 124 valence electrons. The van der Waals surface area contributed by atoms with Crippen LogP contribution in [0.1, 0.15) is 57.3 Å². The first kappa shape index (κ1) is 17.3. The molecule has 0 saturated carbocycles. The van der Waals surface area contributed by atoms with Crippen molar-refractivity contribution in [3.8, 4) is 0 Å². The SMILES string of the molecule is CCCN1CCCc2cc(C(O)CCN(CC)CC)ccc21. The highest BCUT2D eigenvalue weighted by Crippen LogP contribution is 2.30. The molecule has 3 nitrogen and oxygen atoms in total. The summed E-state index contributed by atoms with van der Waals surface area (Å²) >= 11 is 0. The van der Waals surface area contributed by atoms with Gasteiger partial charge in [-0.3, -0.25) is 0 Å². The van der Waals surface area contributed by atoms with E-state index in [2.05, 4.69) is 48.8 Å². The molecule has 0 aromatic heterocycles. The molecule has 1 aromatic rings. The van der Waals surface area contributed by atoms with Crippen molar-refractivity contribution in [3.63, 3.8) is 0 Å². The molecule has 1 N–H and O–H groups in total. The average molecular weight is 304 g/mol. The molecule has 0 amide bonds. The van der Waals surface area contributed by atoms with Crippen LogP contribution in [0, 0.1) is 0 Å². The lowest BCUT2D eigenvalue weighted by atomic mass is 9.96. The number of benzene rings is 1. The summed E-state index contributed by atoms with van der Waals surface area (Å²) in [6, 6.07) is 6.59. The van der Waals surface area contributed by atoms with Gasteiger partial charge in [0.15, 0.2) is 0 Å². The molecule has 1 aliphatic heterocycles. The summed E-state index contributed by atoms with van der Waals surface area (Å²) in [6.45, 7) is 12.0.